The van der Waals surface area contributed by atoms with Crippen molar-refractivity contribution in [1.29, 1.82) is 5.26 Å². The molecule has 0 aliphatic carbocycles. The molecule has 4 rings (SSSR count). The van der Waals surface area contributed by atoms with Crippen LogP contribution in [0.3, 0.4) is 0 Å². The predicted molar refractivity (Wildman–Crippen MR) is 216 cm³/mol. The smallest absolute Gasteiger partial charge is 0.410 e. The van der Waals surface area contributed by atoms with Gasteiger partial charge in [-0.15, -0.1) is 0 Å². The normalized spacial score (nSPS) is 10.7. The molecule has 55 heavy (non-hydrogen) atoms. The lowest BCUT2D eigenvalue weighted by atomic mass is 10.0. The van der Waals surface area contributed by atoms with Crippen LogP contribution in [0.1, 0.15) is 77.5 Å². The fourth-order valence-electron chi connectivity index (χ4n) is 6.23. The van der Waals surface area contributed by atoms with Crippen LogP contribution >= 0.6 is 0 Å². The number of nitrogens with zero attached hydrogens (tertiary/aromatic N) is 3. The van der Waals surface area contributed by atoms with E-state index in [1.165, 1.54) is 11.1 Å². The first kappa shape index (κ1) is 42.1. The highest BCUT2D eigenvalue weighted by Gasteiger charge is 2.17. The number of nitrogens with one attached hydrogen (secondary N) is 1. The molecule has 0 heterocycles. The van der Waals surface area contributed by atoms with Crippen molar-refractivity contribution >= 4 is 17.9 Å². The number of benzene rings is 4. The SMILES string of the molecule is Cc1ccc(CCC(=O)NCCCN(CCCCN(CCC#N)C(=O)CCc2ccc(OCc3ccccc3)c(C)c2)C(=O)OCc2ccccc2)cc1C. The molecule has 9 nitrogen and oxygen atoms in total. The van der Waals surface area contributed by atoms with E-state index in [0.29, 0.717) is 84.3 Å². The van der Waals surface area contributed by atoms with Gasteiger partial charge in [0.05, 0.1) is 12.5 Å². The largest absolute Gasteiger partial charge is 0.489 e. The van der Waals surface area contributed by atoms with Crippen molar-refractivity contribution in [3.05, 3.63) is 136 Å². The van der Waals surface area contributed by atoms with Gasteiger partial charge >= 0.3 is 6.09 Å². The lowest BCUT2D eigenvalue weighted by Gasteiger charge is -2.24. The van der Waals surface area contributed by atoms with Gasteiger partial charge in [0.1, 0.15) is 19.0 Å². The van der Waals surface area contributed by atoms with Crippen molar-refractivity contribution < 1.29 is 23.9 Å². The second kappa shape index (κ2) is 23.2. The monoisotopic (exact) mass is 744 g/mol. The summed E-state index contributed by atoms with van der Waals surface area (Å²) in [6, 6.07) is 34.1. The highest BCUT2D eigenvalue weighted by Crippen LogP contribution is 2.22. The Labute approximate surface area is 327 Å². The van der Waals surface area contributed by atoms with E-state index in [0.717, 1.165) is 33.6 Å². The molecular weight excluding hydrogens is 689 g/mol. The number of hydrogen-bond donors (Lipinski definition) is 1. The molecule has 0 saturated heterocycles. The average Bonchev–Trinajstić information content (AvgIpc) is 3.20. The number of aryl methyl sites for hydroxylation is 5. The number of nitriles is 1. The Hall–Kier alpha value is -5.62. The van der Waals surface area contributed by atoms with Gasteiger partial charge in [0, 0.05) is 45.6 Å². The van der Waals surface area contributed by atoms with Gasteiger partial charge in [0.15, 0.2) is 0 Å². The minimum absolute atomic E-state index is 0.00434. The summed E-state index contributed by atoms with van der Waals surface area (Å²) in [6.07, 6.45) is 3.76. The fraction of sp³-hybridized carbons (Fsp3) is 0.391. The van der Waals surface area contributed by atoms with Gasteiger partial charge in [-0.2, -0.15) is 5.26 Å². The Morgan fingerprint density at radius 1 is 0.636 bits per heavy atom. The third-order valence-electron chi connectivity index (χ3n) is 9.66. The molecular formula is C46H56N4O5. The maximum atomic E-state index is 13.3. The molecule has 0 spiro atoms. The molecule has 0 atom stereocenters. The number of hydrogen-bond acceptors (Lipinski definition) is 6. The standard InChI is InChI=1S/C46H56N4O5/c1-36-18-19-39(32-37(36)2)21-24-44(51)48-27-13-31-50(46(53)55-35-42-16-8-5-9-17-42)29-11-10-28-49(30-12-26-47)45(52)25-22-40-20-23-43(38(3)33-40)54-34-41-14-6-4-7-15-41/h4-9,14-20,23,32-33H,10-13,21-22,24-25,27-31,34-35H2,1-3H3,(H,48,51). The van der Waals surface area contributed by atoms with Crippen LogP contribution in [0.2, 0.25) is 0 Å². The van der Waals surface area contributed by atoms with Crippen LogP contribution in [0.5, 0.6) is 5.75 Å². The number of unbranched alkanes of at least 4 members (excludes halogenated alkanes) is 1. The molecule has 9 heteroatoms. The molecule has 0 fully saturated rings. The summed E-state index contributed by atoms with van der Waals surface area (Å²) in [5, 5.41) is 12.3. The van der Waals surface area contributed by atoms with Crippen molar-refractivity contribution in [3.63, 3.8) is 0 Å². The van der Waals surface area contributed by atoms with Gasteiger partial charge in [0.25, 0.3) is 0 Å². The molecule has 1 N–H and O–H groups in total. The molecule has 4 aromatic rings. The number of ether oxygens (including phenoxy) is 2. The van der Waals surface area contributed by atoms with Crippen molar-refractivity contribution in [2.75, 3.05) is 32.7 Å². The van der Waals surface area contributed by atoms with Gasteiger partial charge < -0.3 is 24.6 Å². The van der Waals surface area contributed by atoms with Crippen LogP contribution in [0.25, 0.3) is 0 Å². The van der Waals surface area contributed by atoms with Gasteiger partial charge in [0.2, 0.25) is 11.8 Å². The number of amides is 3. The van der Waals surface area contributed by atoms with E-state index >= 15 is 0 Å². The Balaban J connectivity index is 1.23. The van der Waals surface area contributed by atoms with Crippen LogP contribution in [0.15, 0.2) is 97.1 Å². The molecule has 290 valence electrons. The van der Waals surface area contributed by atoms with Gasteiger partial charge in [-0.05, 0) is 97.9 Å². The molecule has 0 aliphatic heterocycles. The Kier molecular flexibility index (Phi) is 17.8. The van der Waals surface area contributed by atoms with Crippen molar-refractivity contribution in [2.45, 2.75) is 85.4 Å². The van der Waals surface area contributed by atoms with Crippen molar-refractivity contribution in [3.8, 4) is 11.8 Å². The van der Waals surface area contributed by atoms with Gasteiger partial charge in [-0.1, -0.05) is 91.0 Å². The zero-order chi connectivity index (χ0) is 39.3. The highest BCUT2D eigenvalue weighted by molar-refractivity contribution is 5.76. The number of carbonyl (C=O) groups excluding carboxylic acids is 3. The maximum Gasteiger partial charge on any atom is 0.410 e. The quantitative estimate of drug-likeness (QED) is 0.0809. The van der Waals surface area contributed by atoms with Crippen molar-refractivity contribution in [1.82, 2.24) is 15.1 Å². The first-order chi connectivity index (χ1) is 26.7. The van der Waals surface area contributed by atoms with Crippen molar-refractivity contribution in [2.24, 2.45) is 0 Å². The maximum absolute atomic E-state index is 13.3. The van der Waals surface area contributed by atoms with E-state index in [2.05, 4.69) is 49.5 Å². The minimum atomic E-state index is -0.408. The molecule has 0 aromatic heterocycles. The summed E-state index contributed by atoms with van der Waals surface area (Å²) in [5.41, 5.74) is 7.68. The third-order valence-corrected chi connectivity index (χ3v) is 9.66. The molecule has 4 aromatic carbocycles. The topological polar surface area (TPSA) is 112 Å². The summed E-state index contributed by atoms with van der Waals surface area (Å²) in [6.45, 7) is 9.02. The first-order valence-electron chi connectivity index (χ1n) is 19.4. The zero-order valence-electron chi connectivity index (χ0n) is 32.7. The summed E-state index contributed by atoms with van der Waals surface area (Å²) >= 11 is 0. The Morgan fingerprint density at radius 3 is 1.89 bits per heavy atom. The van der Waals surface area contributed by atoms with E-state index in [-0.39, 0.29) is 24.8 Å². The minimum Gasteiger partial charge on any atom is -0.489 e. The summed E-state index contributed by atoms with van der Waals surface area (Å²) < 4.78 is 11.7. The first-order valence-corrected chi connectivity index (χ1v) is 19.4. The zero-order valence-corrected chi connectivity index (χ0v) is 32.7. The van der Waals surface area contributed by atoms with Crippen LogP contribution in [0, 0.1) is 32.1 Å². The second-order valence-corrected chi connectivity index (χ2v) is 14.0. The fourth-order valence-corrected chi connectivity index (χ4v) is 6.23. The van der Waals surface area contributed by atoms with E-state index in [9.17, 15) is 19.6 Å². The van der Waals surface area contributed by atoms with E-state index in [4.69, 9.17) is 9.47 Å². The Morgan fingerprint density at radius 2 is 1.24 bits per heavy atom. The lowest BCUT2D eigenvalue weighted by Crippen LogP contribution is -2.36. The van der Waals surface area contributed by atoms with E-state index < -0.39 is 6.09 Å². The molecule has 0 bridgehead atoms. The van der Waals surface area contributed by atoms with Crippen LogP contribution in [-0.2, 0) is 40.4 Å². The van der Waals surface area contributed by atoms with E-state index in [1.807, 2.05) is 79.7 Å². The highest BCUT2D eigenvalue weighted by atomic mass is 16.6. The second-order valence-electron chi connectivity index (χ2n) is 14.0. The van der Waals surface area contributed by atoms with Crippen LogP contribution < -0.4 is 10.1 Å². The summed E-state index contributed by atoms with van der Waals surface area (Å²) in [5.74, 6) is 0.810. The predicted octanol–water partition coefficient (Wildman–Crippen LogP) is 8.42. The van der Waals surface area contributed by atoms with Crippen LogP contribution in [-0.4, -0.2) is 60.4 Å². The Bertz CT molecular complexity index is 1840. The number of carbonyl (C=O) groups is 3. The molecule has 0 unspecified atom stereocenters. The molecule has 0 saturated carbocycles. The lowest BCUT2D eigenvalue weighted by molar-refractivity contribution is -0.131. The summed E-state index contributed by atoms with van der Waals surface area (Å²) in [7, 11) is 0. The number of rotatable bonds is 22. The van der Waals surface area contributed by atoms with Crippen LogP contribution in [0.4, 0.5) is 4.79 Å². The van der Waals surface area contributed by atoms with E-state index in [1.54, 1.807) is 9.80 Å². The average molecular weight is 745 g/mol. The van der Waals surface area contributed by atoms with Gasteiger partial charge in [-0.3, -0.25) is 9.59 Å². The van der Waals surface area contributed by atoms with Gasteiger partial charge in [-0.25, -0.2) is 4.79 Å². The molecule has 3 amide bonds. The molecule has 0 aliphatic rings. The third kappa shape index (κ3) is 15.3. The molecule has 0 radical (unpaired) electrons. The summed E-state index contributed by atoms with van der Waals surface area (Å²) in [4.78, 5) is 42.6.